The molecule has 102 valence electrons. The quantitative estimate of drug-likeness (QED) is 0.584. The third-order valence-corrected chi connectivity index (χ3v) is 3.74. The lowest BCUT2D eigenvalue weighted by molar-refractivity contribution is 0.405. The lowest BCUT2D eigenvalue weighted by Gasteiger charge is -2.18. The van der Waals surface area contributed by atoms with E-state index in [0.717, 1.165) is 41.2 Å². The molecule has 0 radical (unpaired) electrons. The lowest BCUT2D eigenvalue weighted by Crippen LogP contribution is -2.37. The summed E-state index contributed by atoms with van der Waals surface area (Å²) >= 11 is 1.83. The Bertz CT molecular complexity index is 385. The summed E-state index contributed by atoms with van der Waals surface area (Å²) in [7, 11) is 1.70. The SMILES string of the molecule is COc1c(C)cnc(CC(CCSC)NN)c1C. The molecule has 0 saturated carbocycles. The molecule has 0 aliphatic rings. The van der Waals surface area contributed by atoms with Gasteiger partial charge in [0.15, 0.2) is 0 Å². The first kappa shape index (κ1) is 15.3. The van der Waals surface area contributed by atoms with Crippen LogP contribution >= 0.6 is 11.8 Å². The molecule has 0 fully saturated rings. The zero-order valence-electron chi connectivity index (χ0n) is 11.6. The van der Waals surface area contributed by atoms with Gasteiger partial charge in [0.25, 0.3) is 0 Å². The van der Waals surface area contributed by atoms with Gasteiger partial charge in [-0.1, -0.05) is 0 Å². The standard InChI is InChI=1S/C13H23N3OS/c1-9-8-15-12(10(2)13(9)17-3)7-11(16-14)5-6-18-4/h8,11,16H,5-7,14H2,1-4H3. The Balaban J connectivity index is 2.83. The van der Waals surface area contributed by atoms with Gasteiger partial charge in [0, 0.05) is 35.5 Å². The fourth-order valence-electron chi connectivity index (χ4n) is 2.01. The minimum Gasteiger partial charge on any atom is -0.496 e. The number of pyridine rings is 1. The topological polar surface area (TPSA) is 60.2 Å². The summed E-state index contributed by atoms with van der Waals surface area (Å²) in [4.78, 5) is 4.50. The third kappa shape index (κ3) is 3.86. The van der Waals surface area contributed by atoms with Crippen molar-refractivity contribution in [2.24, 2.45) is 5.84 Å². The maximum atomic E-state index is 5.59. The van der Waals surface area contributed by atoms with Gasteiger partial charge >= 0.3 is 0 Å². The molecule has 0 saturated heterocycles. The Hall–Kier alpha value is -0.780. The second-order valence-electron chi connectivity index (χ2n) is 4.40. The molecule has 18 heavy (non-hydrogen) atoms. The van der Waals surface area contributed by atoms with Crippen LogP contribution < -0.4 is 16.0 Å². The van der Waals surface area contributed by atoms with Gasteiger partial charge in [0.2, 0.25) is 0 Å². The third-order valence-electron chi connectivity index (χ3n) is 3.10. The summed E-state index contributed by atoms with van der Waals surface area (Å²) in [5, 5.41) is 0. The minimum absolute atomic E-state index is 0.260. The number of hydrogen-bond donors (Lipinski definition) is 2. The molecular weight excluding hydrogens is 246 g/mol. The summed E-state index contributed by atoms with van der Waals surface area (Å²) in [6.07, 6.45) is 5.84. The molecule has 0 spiro atoms. The van der Waals surface area contributed by atoms with E-state index in [1.807, 2.05) is 24.9 Å². The number of rotatable bonds is 7. The molecule has 1 heterocycles. The van der Waals surface area contributed by atoms with Crippen LogP contribution in [0.15, 0.2) is 6.20 Å². The highest BCUT2D eigenvalue weighted by Crippen LogP contribution is 2.24. The van der Waals surface area contributed by atoms with E-state index in [4.69, 9.17) is 10.6 Å². The van der Waals surface area contributed by atoms with Crippen molar-refractivity contribution in [3.63, 3.8) is 0 Å². The number of ether oxygens (including phenoxy) is 1. The summed E-state index contributed by atoms with van der Waals surface area (Å²) < 4.78 is 5.42. The van der Waals surface area contributed by atoms with Gasteiger partial charge < -0.3 is 4.74 Å². The summed E-state index contributed by atoms with van der Waals surface area (Å²) in [6.45, 7) is 4.06. The van der Waals surface area contributed by atoms with E-state index in [2.05, 4.69) is 23.6 Å². The van der Waals surface area contributed by atoms with Crippen LogP contribution in [-0.2, 0) is 6.42 Å². The monoisotopic (exact) mass is 269 g/mol. The Morgan fingerprint density at radius 2 is 2.22 bits per heavy atom. The fraction of sp³-hybridized carbons (Fsp3) is 0.615. The highest BCUT2D eigenvalue weighted by atomic mass is 32.2. The Labute approximate surface area is 114 Å². The van der Waals surface area contributed by atoms with Crippen molar-refractivity contribution >= 4 is 11.8 Å². The summed E-state index contributed by atoms with van der Waals surface area (Å²) in [5.41, 5.74) is 6.11. The van der Waals surface area contributed by atoms with E-state index >= 15 is 0 Å². The van der Waals surface area contributed by atoms with Crippen molar-refractivity contribution in [3.8, 4) is 5.75 Å². The molecule has 0 bridgehead atoms. The Morgan fingerprint density at radius 3 is 2.78 bits per heavy atom. The number of thioether (sulfide) groups is 1. The van der Waals surface area contributed by atoms with Crippen LogP contribution in [0.4, 0.5) is 0 Å². The molecule has 0 aromatic carbocycles. The predicted octanol–water partition coefficient (Wildman–Crippen LogP) is 1.83. The molecular formula is C13H23N3OS. The zero-order valence-corrected chi connectivity index (χ0v) is 12.4. The van der Waals surface area contributed by atoms with E-state index in [0.29, 0.717) is 0 Å². The van der Waals surface area contributed by atoms with Crippen molar-refractivity contribution < 1.29 is 4.74 Å². The van der Waals surface area contributed by atoms with Crippen molar-refractivity contribution in [1.29, 1.82) is 0 Å². The molecule has 1 aromatic rings. The van der Waals surface area contributed by atoms with Crippen molar-refractivity contribution in [3.05, 3.63) is 23.0 Å². The molecule has 1 unspecified atom stereocenters. The highest BCUT2D eigenvalue weighted by Gasteiger charge is 2.14. The summed E-state index contributed by atoms with van der Waals surface area (Å²) in [5.74, 6) is 7.62. The zero-order chi connectivity index (χ0) is 13.5. The normalized spacial score (nSPS) is 12.5. The number of nitrogens with two attached hydrogens (primary N) is 1. The molecule has 4 nitrogen and oxygen atoms in total. The molecule has 3 N–H and O–H groups in total. The average Bonchev–Trinajstić information content (AvgIpc) is 2.37. The molecule has 1 atom stereocenters. The van der Waals surface area contributed by atoms with Crippen molar-refractivity contribution in [1.82, 2.24) is 10.4 Å². The van der Waals surface area contributed by atoms with Gasteiger partial charge in [0.1, 0.15) is 5.75 Å². The largest absolute Gasteiger partial charge is 0.496 e. The highest BCUT2D eigenvalue weighted by molar-refractivity contribution is 7.98. The van der Waals surface area contributed by atoms with Gasteiger partial charge in [-0.05, 0) is 32.3 Å². The molecule has 0 aliphatic carbocycles. The van der Waals surface area contributed by atoms with Crippen LogP contribution in [0.5, 0.6) is 5.75 Å². The molecule has 0 amide bonds. The number of nitrogens with zero attached hydrogens (tertiary/aromatic N) is 1. The van der Waals surface area contributed by atoms with Gasteiger partial charge in [-0.3, -0.25) is 16.3 Å². The van der Waals surface area contributed by atoms with E-state index < -0.39 is 0 Å². The first-order valence-corrected chi connectivity index (χ1v) is 7.47. The lowest BCUT2D eigenvalue weighted by atomic mass is 10.0. The minimum atomic E-state index is 0.260. The number of hydrazine groups is 1. The fourth-order valence-corrected chi connectivity index (χ4v) is 2.53. The van der Waals surface area contributed by atoms with Crippen molar-refractivity contribution in [2.75, 3.05) is 19.1 Å². The second kappa shape index (κ2) is 7.61. The number of methoxy groups -OCH3 is 1. The number of nitrogens with one attached hydrogen (secondary N) is 1. The number of hydrogen-bond acceptors (Lipinski definition) is 5. The van der Waals surface area contributed by atoms with Crippen LogP contribution in [0, 0.1) is 13.8 Å². The number of aromatic nitrogens is 1. The van der Waals surface area contributed by atoms with Crippen LogP contribution in [0.2, 0.25) is 0 Å². The first-order valence-electron chi connectivity index (χ1n) is 6.08. The number of aryl methyl sites for hydroxylation is 1. The summed E-state index contributed by atoms with van der Waals surface area (Å²) in [6, 6.07) is 0.260. The van der Waals surface area contributed by atoms with Crippen LogP contribution in [0.3, 0.4) is 0 Å². The van der Waals surface area contributed by atoms with Crippen LogP contribution in [-0.4, -0.2) is 30.1 Å². The van der Waals surface area contributed by atoms with Gasteiger partial charge in [0.05, 0.1) is 7.11 Å². The van der Waals surface area contributed by atoms with Gasteiger partial charge in [-0.25, -0.2) is 0 Å². The Morgan fingerprint density at radius 1 is 1.50 bits per heavy atom. The first-order chi connectivity index (χ1) is 8.63. The van der Waals surface area contributed by atoms with Gasteiger partial charge in [-0.15, -0.1) is 0 Å². The molecule has 1 rings (SSSR count). The van der Waals surface area contributed by atoms with E-state index in [1.54, 1.807) is 7.11 Å². The maximum Gasteiger partial charge on any atom is 0.128 e. The van der Waals surface area contributed by atoms with E-state index in [-0.39, 0.29) is 6.04 Å². The average molecular weight is 269 g/mol. The van der Waals surface area contributed by atoms with Crippen LogP contribution in [0.1, 0.15) is 23.2 Å². The van der Waals surface area contributed by atoms with Crippen LogP contribution in [0.25, 0.3) is 0 Å². The molecule has 0 aliphatic heterocycles. The molecule has 5 heteroatoms. The Kier molecular flexibility index (Phi) is 6.46. The van der Waals surface area contributed by atoms with Crippen molar-refractivity contribution in [2.45, 2.75) is 32.7 Å². The maximum absolute atomic E-state index is 5.59. The smallest absolute Gasteiger partial charge is 0.128 e. The van der Waals surface area contributed by atoms with E-state index in [9.17, 15) is 0 Å². The second-order valence-corrected chi connectivity index (χ2v) is 5.38. The van der Waals surface area contributed by atoms with Gasteiger partial charge in [-0.2, -0.15) is 11.8 Å². The molecule has 1 aromatic heterocycles. The predicted molar refractivity (Wildman–Crippen MR) is 78.1 cm³/mol. The van der Waals surface area contributed by atoms with E-state index in [1.165, 1.54) is 0 Å².